The van der Waals surface area contributed by atoms with Crippen molar-refractivity contribution in [3.05, 3.63) is 71.0 Å². The molecule has 3 aliphatic rings. The van der Waals surface area contributed by atoms with Gasteiger partial charge < -0.3 is 24.3 Å². The molecule has 1 aliphatic carbocycles. The van der Waals surface area contributed by atoms with Crippen molar-refractivity contribution in [1.29, 1.82) is 0 Å². The van der Waals surface area contributed by atoms with E-state index in [0.717, 1.165) is 90.2 Å². The minimum atomic E-state index is -1.08. The van der Waals surface area contributed by atoms with Gasteiger partial charge in [0, 0.05) is 31.6 Å². The number of likely N-dealkylation sites (tertiary alicyclic amines) is 2. The van der Waals surface area contributed by atoms with E-state index in [9.17, 15) is 18.8 Å². The second-order valence-electron chi connectivity index (χ2n) is 12.0. The summed E-state index contributed by atoms with van der Waals surface area (Å²) in [5, 5.41) is 3.17. The van der Waals surface area contributed by atoms with Crippen LogP contribution in [0.15, 0.2) is 48.5 Å². The van der Waals surface area contributed by atoms with Gasteiger partial charge in [0.15, 0.2) is 0 Å². The van der Waals surface area contributed by atoms with Gasteiger partial charge in [0.05, 0.1) is 26.9 Å². The summed E-state index contributed by atoms with van der Waals surface area (Å²) < 4.78 is 31.7. The van der Waals surface area contributed by atoms with Gasteiger partial charge in [-0.15, -0.1) is 0 Å². The number of aryl methyl sites for hydroxylation is 1. The Hall–Kier alpha value is -3.70. The lowest BCUT2D eigenvalue weighted by Gasteiger charge is -2.59. The van der Waals surface area contributed by atoms with Crippen LogP contribution in [0.1, 0.15) is 55.2 Å². The van der Waals surface area contributed by atoms with E-state index < -0.39 is 12.3 Å². The Morgan fingerprint density at radius 2 is 1.53 bits per heavy atom. The van der Waals surface area contributed by atoms with Gasteiger partial charge in [-0.25, -0.2) is 18.8 Å². The molecule has 1 N–H and O–H groups in total. The van der Waals surface area contributed by atoms with Crippen molar-refractivity contribution in [2.75, 3.05) is 47.5 Å². The van der Waals surface area contributed by atoms with Gasteiger partial charge in [-0.05, 0) is 86.9 Å². The number of piperidine rings is 1. The number of nitrogens with one attached hydrogen (secondary N) is 1. The molecule has 0 spiro atoms. The van der Waals surface area contributed by atoms with Crippen LogP contribution in [0, 0.1) is 24.6 Å². The van der Waals surface area contributed by atoms with Gasteiger partial charge in [0.1, 0.15) is 5.82 Å². The Labute approximate surface area is 265 Å². The molecule has 10 nitrogen and oxygen atoms in total. The van der Waals surface area contributed by atoms with Crippen LogP contribution in [0.3, 0.4) is 0 Å². The molecule has 3 atom stereocenters. The quantitative estimate of drug-likeness (QED) is 0.225. The number of alkyl carbamates (subject to hydrolysis) is 1. The lowest BCUT2D eigenvalue weighted by Crippen LogP contribution is -2.64. The third-order valence-corrected chi connectivity index (χ3v) is 9.41. The van der Waals surface area contributed by atoms with E-state index in [1.165, 1.54) is 19.1 Å². The second kappa shape index (κ2) is 16.0. The van der Waals surface area contributed by atoms with Crippen molar-refractivity contribution in [1.82, 2.24) is 15.1 Å². The summed E-state index contributed by atoms with van der Waals surface area (Å²) in [6.45, 7) is 7.09. The van der Waals surface area contributed by atoms with E-state index in [1.807, 2.05) is 6.92 Å². The molecule has 3 fully saturated rings. The fraction of sp³-hybridized carbons (Fsp3) is 0.559. The Balaban J connectivity index is 0.000000448. The summed E-state index contributed by atoms with van der Waals surface area (Å²) in [6.07, 6.45) is 3.82. The summed E-state index contributed by atoms with van der Waals surface area (Å²) >= 11 is 0. The average molecular weight is 628 g/mol. The first-order chi connectivity index (χ1) is 21.7. The largest absolute Gasteiger partial charge is 0.518 e. The lowest BCUT2D eigenvalue weighted by atomic mass is 9.62. The van der Waals surface area contributed by atoms with E-state index >= 15 is 0 Å². The summed E-state index contributed by atoms with van der Waals surface area (Å²) in [6, 6.07) is 16.4. The van der Waals surface area contributed by atoms with Crippen LogP contribution in [-0.2, 0) is 31.0 Å². The number of rotatable bonds is 7. The number of hydrogen-bond donors (Lipinski definition) is 1. The molecule has 2 aromatic rings. The molecule has 2 heterocycles. The zero-order valence-corrected chi connectivity index (χ0v) is 26.8. The maximum atomic E-state index is 14.9. The van der Waals surface area contributed by atoms with Gasteiger partial charge in [0.2, 0.25) is 0 Å². The average Bonchev–Trinajstić information content (AvgIpc) is 3.47. The molecule has 2 unspecified atom stereocenters. The van der Waals surface area contributed by atoms with Crippen molar-refractivity contribution < 1.29 is 37.7 Å². The molecule has 246 valence electrons. The van der Waals surface area contributed by atoms with Gasteiger partial charge >= 0.3 is 18.4 Å². The van der Waals surface area contributed by atoms with Crippen LogP contribution in [-0.4, -0.2) is 81.8 Å². The van der Waals surface area contributed by atoms with Crippen molar-refractivity contribution in [3.63, 3.8) is 0 Å². The second-order valence-corrected chi connectivity index (χ2v) is 12.0. The van der Waals surface area contributed by atoms with E-state index in [-0.39, 0.29) is 29.4 Å². The van der Waals surface area contributed by atoms with Gasteiger partial charge in [-0.3, -0.25) is 9.80 Å². The minimum Gasteiger partial charge on any atom is -0.453 e. The van der Waals surface area contributed by atoms with Crippen LogP contribution in [0.2, 0.25) is 0 Å². The van der Waals surface area contributed by atoms with Crippen molar-refractivity contribution in [2.45, 2.75) is 63.6 Å². The number of nitrogens with zero attached hydrogens (tertiary/aromatic N) is 2. The first-order valence-electron chi connectivity index (χ1n) is 15.7. The minimum absolute atomic E-state index is 0.0315. The number of carbonyl (C=O) groups excluding carboxylic acids is 3. The maximum Gasteiger partial charge on any atom is 0.518 e. The Morgan fingerprint density at radius 3 is 2.09 bits per heavy atom. The molecule has 11 heteroatoms. The third-order valence-electron chi connectivity index (χ3n) is 9.41. The standard InChI is InChI=1S/C30H40FN3O2.C4H6O5/c1-22-18-25(20-26(31)19-22)30(34-14-7-15-34,27-10-6-11-28(27)32-29(35)36-2)24-12-16-33(17-13-24)21-23-8-4-3-5-9-23;1-7-3(5)9-4(6)8-2/h3-5,8-9,18-20,24,27-28H,6-7,10-17,21H2,1-2H3,(H,32,35);1-2H3/t27?,28?,30-;/m1./s1. The van der Waals surface area contributed by atoms with E-state index in [0.29, 0.717) is 5.92 Å². The summed E-state index contributed by atoms with van der Waals surface area (Å²) in [4.78, 5) is 37.6. The highest BCUT2D eigenvalue weighted by Gasteiger charge is 2.56. The predicted octanol–water partition coefficient (Wildman–Crippen LogP) is 6.01. The van der Waals surface area contributed by atoms with E-state index in [1.54, 1.807) is 12.1 Å². The van der Waals surface area contributed by atoms with Crippen molar-refractivity contribution >= 4 is 18.4 Å². The van der Waals surface area contributed by atoms with Gasteiger partial charge in [-0.1, -0.05) is 42.8 Å². The van der Waals surface area contributed by atoms with Crippen LogP contribution in [0.5, 0.6) is 0 Å². The van der Waals surface area contributed by atoms with Crippen LogP contribution < -0.4 is 5.32 Å². The Kier molecular flexibility index (Phi) is 12.2. The molecule has 2 saturated heterocycles. The Bertz CT molecular complexity index is 1250. The first-order valence-corrected chi connectivity index (χ1v) is 15.7. The first kappa shape index (κ1) is 34.2. The zero-order chi connectivity index (χ0) is 32.4. The van der Waals surface area contributed by atoms with Gasteiger partial charge in [0.25, 0.3) is 0 Å². The number of amides is 1. The van der Waals surface area contributed by atoms with E-state index in [2.05, 4.69) is 65.7 Å². The molecule has 2 aliphatic heterocycles. The normalized spacial score (nSPS) is 21.7. The lowest BCUT2D eigenvalue weighted by molar-refractivity contribution is -0.0856. The van der Waals surface area contributed by atoms with E-state index in [4.69, 9.17) is 4.74 Å². The molecule has 45 heavy (non-hydrogen) atoms. The summed E-state index contributed by atoms with van der Waals surface area (Å²) in [7, 11) is 3.61. The number of methoxy groups -OCH3 is 3. The molecule has 0 bridgehead atoms. The molecular weight excluding hydrogens is 581 g/mol. The number of hydrogen-bond acceptors (Lipinski definition) is 9. The topological polar surface area (TPSA) is 107 Å². The highest BCUT2D eigenvalue weighted by Crippen LogP contribution is 2.54. The van der Waals surface area contributed by atoms with Crippen molar-refractivity contribution in [2.24, 2.45) is 11.8 Å². The van der Waals surface area contributed by atoms with Crippen molar-refractivity contribution in [3.8, 4) is 0 Å². The van der Waals surface area contributed by atoms with Crippen LogP contribution in [0.25, 0.3) is 0 Å². The molecule has 0 aromatic heterocycles. The summed E-state index contributed by atoms with van der Waals surface area (Å²) in [5.74, 6) is 0.465. The monoisotopic (exact) mass is 627 g/mol. The molecule has 0 radical (unpaired) electrons. The zero-order valence-electron chi connectivity index (χ0n) is 26.8. The number of benzene rings is 2. The molecule has 5 rings (SSSR count). The van der Waals surface area contributed by atoms with Crippen LogP contribution >= 0.6 is 0 Å². The Morgan fingerprint density at radius 1 is 0.867 bits per heavy atom. The highest BCUT2D eigenvalue weighted by molar-refractivity contribution is 5.76. The predicted molar refractivity (Wildman–Crippen MR) is 166 cm³/mol. The molecule has 1 saturated carbocycles. The molecule has 2 aromatic carbocycles. The number of carbonyl (C=O) groups is 3. The fourth-order valence-corrected chi connectivity index (χ4v) is 7.48. The number of halogens is 1. The highest BCUT2D eigenvalue weighted by atomic mass is 19.1. The molecule has 1 amide bonds. The fourth-order valence-electron chi connectivity index (χ4n) is 7.48. The molecular formula is C34H46FN3O7. The smallest absolute Gasteiger partial charge is 0.453 e. The summed E-state index contributed by atoms with van der Waals surface area (Å²) in [5.41, 5.74) is 3.13. The third kappa shape index (κ3) is 8.32. The van der Waals surface area contributed by atoms with Crippen LogP contribution in [0.4, 0.5) is 18.8 Å². The SMILES string of the molecule is COC(=O)NC1CCCC1[C@](c1cc(C)cc(F)c1)(C1CCN(Cc2ccccc2)CC1)N1CCC1.COC(=O)OC(=O)OC. The number of ether oxygens (including phenoxy) is 4. The maximum absolute atomic E-state index is 14.9. The van der Waals surface area contributed by atoms with Gasteiger partial charge in [-0.2, -0.15) is 0 Å².